The molecule has 0 saturated carbocycles. The van der Waals surface area contributed by atoms with E-state index in [4.69, 9.17) is 15.2 Å². The van der Waals surface area contributed by atoms with E-state index in [2.05, 4.69) is 4.72 Å². The smallest absolute Gasteiger partial charge is 0.211 e. The van der Waals surface area contributed by atoms with Gasteiger partial charge in [0.2, 0.25) is 10.0 Å². The Morgan fingerprint density at radius 3 is 2.56 bits per heavy atom. The third kappa shape index (κ3) is 10.3. The Bertz CT molecular complexity index is 244. The third-order valence-electron chi connectivity index (χ3n) is 1.84. The van der Waals surface area contributed by atoms with Crippen LogP contribution in [0.5, 0.6) is 0 Å². The maximum atomic E-state index is 11.3. The Morgan fingerprint density at radius 1 is 1.19 bits per heavy atom. The number of nitrogens with one attached hydrogen (secondary N) is 1. The number of hydrogen-bond donors (Lipinski definition) is 2. The molecule has 3 N–H and O–H groups in total. The number of nitrogens with two attached hydrogens (primary N) is 1. The first kappa shape index (κ1) is 15.8. The van der Waals surface area contributed by atoms with Crippen molar-refractivity contribution in [1.82, 2.24) is 4.72 Å². The van der Waals surface area contributed by atoms with E-state index < -0.39 is 10.0 Å². The number of rotatable bonds is 11. The van der Waals surface area contributed by atoms with E-state index in [0.29, 0.717) is 45.8 Å². The van der Waals surface area contributed by atoms with E-state index in [1.807, 2.05) is 0 Å². The van der Waals surface area contributed by atoms with Gasteiger partial charge in [-0.1, -0.05) is 0 Å². The lowest BCUT2D eigenvalue weighted by Gasteiger charge is -2.06. The molecule has 0 aliphatic carbocycles. The van der Waals surface area contributed by atoms with Crippen LogP contribution in [-0.4, -0.2) is 54.2 Å². The van der Waals surface area contributed by atoms with E-state index in [9.17, 15) is 8.42 Å². The zero-order chi connectivity index (χ0) is 12.3. The van der Waals surface area contributed by atoms with E-state index in [0.717, 1.165) is 0 Å². The third-order valence-corrected chi connectivity index (χ3v) is 3.31. The second-order valence-corrected chi connectivity index (χ2v) is 5.24. The molecular weight excluding hydrogens is 232 g/mol. The first-order chi connectivity index (χ1) is 7.62. The molecule has 0 saturated heterocycles. The van der Waals surface area contributed by atoms with Crippen molar-refractivity contribution in [3.05, 3.63) is 0 Å². The molecule has 0 bridgehead atoms. The van der Waals surface area contributed by atoms with Gasteiger partial charge in [-0.25, -0.2) is 13.1 Å². The SMILES string of the molecule is COCCOCCCNS(=O)(=O)CCCN. The minimum absolute atomic E-state index is 0.0913. The molecule has 0 atom stereocenters. The van der Waals surface area contributed by atoms with Crippen LogP contribution in [0.2, 0.25) is 0 Å². The topological polar surface area (TPSA) is 90.6 Å². The van der Waals surface area contributed by atoms with Crippen LogP contribution in [0.15, 0.2) is 0 Å². The molecule has 0 aromatic carbocycles. The summed E-state index contributed by atoms with van der Waals surface area (Å²) in [7, 11) is -1.55. The molecule has 0 fully saturated rings. The molecule has 16 heavy (non-hydrogen) atoms. The molecule has 0 spiro atoms. The first-order valence-electron chi connectivity index (χ1n) is 5.36. The highest BCUT2D eigenvalue weighted by atomic mass is 32.2. The van der Waals surface area contributed by atoms with Gasteiger partial charge in [0, 0.05) is 20.3 Å². The van der Waals surface area contributed by atoms with Crippen molar-refractivity contribution in [3.8, 4) is 0 Å². The largest absolute Gasteiger partial charge is 0.382 e. The molecule has 6 nitrogen and oxygen atoms in total. The van der Waals surface area contributed by atoms with Gasteiger partial charge in [0.15, 0.2) is 0 Å². The van der Waals surface area contributed by atoms with Gasteiger partial charge in [-0.3, -0.25) is 0 Å². The zero-order valence-electron chi connectivity index (χ0n) is 9.78. The Balaban J connectivity index is 3.36. The molecule has 0 rings (SSSR count). The maximum Gasteiger partial charge on any atom is 0.211 e. The summed E-state index contributed by atoms with van der Waals surface area (Å²) in [5.41, 5.74) is 5.23. The Kier molecular flexibility index (Phi) is 9.85. The van der Waals surface area contributed by atoms with Crippen molar-refractivity contribution in [2.45, 2.75) is 12.8 Å². The predicted octanol–water partition coefficient (Wildman–Crippen LogP) is -0.692. The van der Waals surface area contributed by atoms with Crippen LogP contribution in [0.4, 0.5) is 0 Å². The Hall–Kier alpha value is -0.210. The van der Waals surface area contributed by atoms with Gasteiger partial charge < -0.3 is 15.2 Å². The summed E-state index contributed by atoms with van der Waals surface area (Å²) in [4.78, 5) is 0. The average Bonchev–Trinajstić information content (AvgIpc) is 2.25. The van der Waals surface area contributed by atoms with Crippen LogP contribution in [0.3, 0.4) is 0 Å². The van der Waals surface area contributed by atoms with E-state index in [1.54, 1.807) is 7.11 Å². The number of hydrogen-bond acceptors (Lipinski definition) is 5. The quantitative estimate of drug-likeness (QED) is 0.476. The first-order valence-corrected chi connectivity index (χ1v) is 7.01. The minimum atomic E-state index is -3.15. The maximum absolute atomic E-state index is 11.3. The molecule has 0 radical (unpaired) electrons. The molecule has 0 aliphatic heterocycles. The molecule has 0 heterocycles. The highest BCUT2D eigenvalue weighted by Gasteiger charge is 2.07. The molecule has 0 aromatic rings. The van der Waals surface area contributed by atoms with Crippen LogP contribution in [0, 0.1) is 0 Å². The lowest BCUT2D eigenvalue weighted by atomic mass is 10.5. The number of ether oxygens (including phenoxy) is 2. The van der Waals surface area contributed by atoms with Crippen LogP contribution in [0.1, 0.15) is 12.8 Å². The molecule has 7 heteroatoms. The van der Waals surface area contributed by atoms with Gasteiger partial charge >= 0.3 is 0 Å². The highest BCUT2D eigenvalue weighted by Crippen LogP contribution is 1.89. The van der Waals surface area contributed by atoms with Crippen LogP contribution < -0.4 is 10.5 Å². The van der Waals surface area contributed by atoms with E-state index >= 15 is 0 Å². The summed E-state index contributed by atoms with van der Waals surface area (Å²) in [5, 5.41) is 0. The molecule has 0 aromatic heterocycles. The average molecular weight is 254 g/mol. The summed E-state index contributed by atoms with van der Waals surface area (Å²) in [5.74, 6) is 0.0913. The fourth-order valence-electron chi connectivity index (χ4n) is 0.992. The highest BCUT2D eigenvalue weighted by molar-refractivity contribution is 7.89. The molecule has 0 aliphatic rings. The fraction of sp³-hybridized carbons (Fsp3) is 1.00. The molecular formula is C9H22N2O4S. The normalized spacial score (nSPS) is 11.9. The standard InChI is InChI=1S/C9H22N2O4S/c1-14-7-8-15-6-3-5-11-16(12,13)9-2-4-10/h11H,2-10H2,1H3. The van der Waals surface area contributed by atoms with Crippen molar-refractivity contribution in [1.29, 1.82) is 0 Å². The predicted molar refractivity (Wildman–Crippen MR) is 62.8 cm³/mol. The summed E-state index contributed by atoms with van der Waals surface area (Å²) >= 11 is 0. The Labute approximate surface area is 97.5 Å². The van der Waals surface area contributed by atoms with Crippen molar-refractivity contribution >= 4 is 10.0 Å². The van der Waals surface area contributed by atoms with Crippen LogP contribution in [0.25, 0.3) is 0 Å². The summed E-state index contributed by atoms with van der Waals surface area (Å²) < 4.78 is 35.1. The van der Waals surface area contributed by atoms with Gasteiger partial charge in [-0.2, -0.15) is 0 Å². The van der Waals surface area contributed by atoms with E-state index in [1.165, 1.54) is 0 Å². The van der Waals surface area contributed by atoms with Crippen LogP contribution in [-0.2, 0) is 19.5 Å². The molecule has 0 amide bonds. The van der Waals surface area contributed by atoms with Gasteiger partial charge in [0.05, 0.1) is 19.0 Å². The minimum Gasteiger partial charge on any atom is -0.382 e. The molecule has 98 valence electrons. The van der Waals surface area contributed by atoms with Crippen LogP contribution >= 0.6 is 0 Å². The molecule has 0 unspecified atom stereocenters. The number of methoxy groups -OCH3 is 1. The van der Waals surface area contributed by atoms with Crippen molar-refractivity contribution < 1.29 is 17.9 Å². The van der Waals surface area contributed by atoms with E-state index in [-0.39, 0.29) is 5.75 Å². The second-order valence-electron chi connectivity index (χ2n) is 3.31. The monoisotopic (exact) mass is 254 g/mol. The van der Waals surface area contributed by atoms with Gasteiger partial charge in [0.1, 0.15) is 0 Å². The summed E-state index contributed by atoms with van der Waals surface area (Å²) in [6.45, 7) is 2.42. The fourth-order valence-corrected chi connectivity index (χ4v) is 2.14. The summed E-state index contributed by atoms with van der Waals surface area (Å²) in [6, 6.07) is 0. The lowest BCUT2D eigenvalue weighted by molar-refractivity contribution is 0.0699. The number of sulfonamides is 1. The van der Waals surface area contributed by atoms with Gasteiger partial charge in [-0.15, -0.1) is 0 Å². The Morgan fingerprint density at radius 2 is 1.94 bits per heavy atom. The second kappa shape index (κ2) is 9.98. The van der Waals surface area contributed by atoms with Gasteiger partial charge in [-0.05, 0) is 19.4 Å². The van der Waals surface area contributed by atoms with Crippen molar-refractivity contribution in [2.24, 2.45) is 5.73 Å². The van der Waals surface area contributed by atoms with Crippen molar-refractivity contribution in [3.63, 3.8) is 0 Å². The summed E-state index contributed by atoms with van der Waals surface area (Å²) in [6.07, 6.45) is 1.14. The van der Waals surface area contributed by atoms with Gasteiger partial charge in [0.25, 0.3) is 0 Å². The van der Waals surface area contributed by atoms with Crippen molar-refractivity contribution in [2.75, 3.05) is 45.8 Å². The zero-order valence-corrected chi connectivity index (χ0v) is 10.6. The lowest BCUT2D eigenvalue weighted by Crippen LogP contribution is -2.29.